The van der Waals surface area contributed by atoms with Crippen molar-refractivity contribution in [1.82, 2.24) is 0 Å². The van der Waals surface area contributed by atoms with E-state index in [1.54, 1.807) is 0 Å². The number of thioether (sulfide) groups is 1. The fraction of sp³-hybridized carbons (Fsp3) is 0.538. The fourth-order valence-electron chi connectivity index (χ4n) is 1.90. The van der Waals surface area contributed by atoms with E-state index in [1.807, 2.05) is 11.8 Å². The molecule has 0 aromatic heterocycles. The van der Waals surface area contributed by atoms with Crippen molar-refractivity contribution < 1.29 is 4.74 Å². The predicted molar refractivity (Wildman–Crippen MR) is 66.8 cm³/mol. The van der Waals surface area contributed by atoms with E-state index in [1.165, 1.54) is 23.3 Å². The minimum atomic E-state index is 0.121. The monoisotopic (exact) mass is 235 g/mol. The van der Waals surface area contributed by atoms with Gasteiger partial charge in [0.2, 0.25) is 0 Å². The molecule has 1 aromatic carbocycles. The largest absolute Gasteiger partial charge is 0.379 e. The highest BCUT2D eigenvalue weighted by atomic mass is 32.2. The van der Waals surface area contributed by atoms with Gasteiger partial charge in [0, 0.05) is 10.4 Å². The molecule has 3 heteroatoms. The summed E-state index contributed by atoms with van der Waals surface area (Å²) in [6.07, 6.45) is 3.40. The van der Waals surface area contributed by atoms with Gasteiger partial charge in [0.05, 0.1) is 18.5 Å². The van der Waals surface area contributed by atoms with E-state index in [2.05, 4.69) is 24.3 Å². The molecule has 0 unspecified atom stereocenters. The molecule has 3 rings (SSSR count). The highest BCUT2D eigenvalue weighted by Gasteiger charge is 2.37. The second-order valence-electron chi connectivity index (χ2n) is 4.96. The second kappa shape index (κ2) is 4.06. The molecular formula is C13H17NOS. The van der Waals surface area contributed by atoms with Gasteiger partial charge in [0.1, 0.15) is 0 Å². The lowest BCUT2D eigenvalue weighted by molar-refractivity contribution is 0.0455. The summed E-state index contributed by atoms with van der Waals surface area (Å²) in [6.45, 7) is 1.80. The van der Waals surface area contributed by atoms with Crippen LogP contribution in [0.5, 0.6) is 0 Å². The van der Waals surface area contributed by atoms with Gasteiger partial charge < -0.3 is 10.5 Å². The van der Waals surface area contributed by atoms with E-state index in [4.69, 9.17) is 10.5 Å². The Kier molecular flexibility index (Phi) is 2.70. The van der Waals surface area contributed by atoms with Gasteiger partial charge in [-0.1, -0.05) is 12.1 Å². The molecular weight excluding hydrogens is 218 g/mol. The minimum Gasteiger partial charge on any atom is -0.379 e. The molecule has 1 aliphatic heterocycles. The average Bonchev–Trinajstić information content (AvgIpc) is 2.92. The van der Waals surface area contributed by atoms with Crippen LogP contribution in [0.15, 0.2) is 29.2 Å². The van der Waals surface area contributed by atoms with Crippen molar-refractivity contribution >= 4 is 11.8 Å². The summed E-state index contributed by atoms with van der Waals surface area (Å²) >= 11 is 1.92. The Balaban J connectivity index is 1.60. The quantitative estimate of drug-likeness (QED) is 0.869. The highest BCUT2D eigenvalue weighted by molar-refractivity contribution is 8.00. The predicted octanol–water partition coefficient (Wildman–Crippen LogP) is 2.21. The molecule has 1 saturated heterocycles. The van der Waals surface area contributed by atoms with Crippen LogP contribution in [0.25, 0.3) is 0 Å². The number of hydrogen-bond donors (Lipinski definition) is 1. The molecule has 0 radical (unpaired) electrons. The molecule has 0 spiro atoms. The summed E-state index contributed by atoms with van der Waals surface area (Å²) in [7, 11) is 0. The number of nitrogens with two attached hydrogens (primary N) is 1. The molecule has 2 N–H and O–H groups in total. The molecule has 2 aliphatic rings. The van der Waals surface area contributed by atoms with Crippen molar-refractivity contribution in [2.75, 3.05) is 13.2 Å². The van der Waals surface area contributed by atoms with Crippen LogP contribution in [0.2, 0.25) is 0 Å². The molecule has 1 aromatic rings. The zero-order chi connectivity index (χ0) is 11.0. The summed E-state index contributed by atoms with van der Waals surface area (Å²) in [5, 5.41) is 0.662. The Bertz CT molecular complexity index is 368. The molecule has 2 fully saturated rings. The summed E-state index contributed by atoms with van der Waals surface area (Å²) in [5.74, 6) is 0. The lowest BCUT2D eigenvalue weighted by atomic mass is 10.1. The Hall–Kier alpha value is -0.510. The maximum atomic E-state index is 6.11. The van der Waals surface area contributed by atoms with Crippen molar-refractivity contribution in [1.29, 1.82) is 0 Å². The van der Waals surface area contributed by atoms with Crippen molar-refractivity contribution in [2.45, 2.75) is 34.9 Å². The third-order valence-corrected chi connectivity index (χ3v) is 4.43. The van der Waals surface area contributed by atoms with Gasteiger partial charge in [-0.15, -0.1) is 11.8 Å². The van der Waals surface area contributed by atoms with Gasteiger partial charge in [0.25, 0.3) is 0 Å². The Morgan fingerprint density at radius 2 is 1.94 bits per heavy atom. The van der Waals surface area contributed by atoms with Crippen molar-refractivity contribution in [3.8, 4) is 0 Å². The number of ether oxygens (including phenoxy) is 1. The van der Waals surface area contributed by atoms with Crippen LogP contribution in [-0.2, 0) is 11.2 Å². The van der Waals surface area contributed by atoms with E-state index in [-0.39, 0.29) is 5.54 Å². The van der Waals surface area contributed by atoms with E-state index in [0.717, 1.165) is 19.6 Å². The fourth-order valence-corrected chi connectivity index (χ4v) is 2.91. The Morgan fingerprint density at radius 1 is 1.25 bits per heavy atom. The van der Waals surface area contributed by atoms with E-state index in [9.17, 15) is 0 Å². The first kappa shape index (κ1) is 10.6. The molecule has 1 saturated carbocycles. The number of rotatable bonds is 4. The van der Waals surface area contributed by atoms with Crippen LogP contribution < -0.4 is 5.73 Å². The van der Waals surface area contributed by atoms with Crippen LogP contribution in [0.3, 0.4) is 0 Å². The van der Waals surface area contributed by atoms with Crippen molar-refractivity contribution in [2.24, 2.45) is 5.73 Å². The zero-order valence-electron chi connectivity index (χ0n) is 9.32. The molecule has 0 atom stereocenters. The molecule has 0 bridgehead atoms. The molecule has 1 heterocycles. The highest BCUT2D eigenvalue weighted by Crippen LogP contribution is 2.36. The van der Waals surface area contributed by atoms with Crippen molar-refractivity contribution in [3.63, 3.8) is 0 Å². The SMILES string of the molecule is NC1(Cc2ccc(SC3COC3)cc2)CC1. The summed E-state index contributed by atoms with van der Waals surface area (Å²) < 4.78 is 5.17. The first-order valence-electron chi connectivity index (χ1n) is 5.86. The maximum Gasteiger partial charge on any atom is 0.0611 e. The van der Waals surface area contributed by atoms with Crippen LogP contribution in [0.4, 0.5) is 0 Å². The second-order valence-corrected chi connectivity index (χ2v) is 6.33. The molecule has 16 heavy (non-hydrogen) atoms. The van der Waals surface area contributed by atoms with Crippen LogP contribution in [0.1, 0.15) is 18.4 Å². The summed E-state index contributed by atoms with van der Waals surface area (Å²) in [5.41, 5.74) is 7.60. The lowest BCUT2D eigenvalue weighted by Gasteiger charge is -2.25. The van der Waals surface area contributed by atoms with Crippen LogP contribution >= 0.6 is 11.8 Å². The van der Waals surface area contributed by atoms with Crippen LogP contribution in [0, 0.1) is 0 Å². The normalized spacial score (nSPS) is 22.8. The Labute approximate surface area is 101 Å². The topological polar surface area (TPSA) is 35.2 Å². The number of benzene rings is 1. The first-order valence-corrected chi connectivity index (χ1v) is 6.74. The van der Waals surface area contributed by atoms with Gasteiger partial charge in [-0.2, -0.15) is 0 Å². The standard InChI is InChI=1S/C13H17NOS/c14-13(5-6-13)7-10-1-3-11(4-2-10)16-12-8-15-9-12/h1-4,12H,5-9,14H2. The van der Waals surface area contributed by atoms with Gasteiger partial charge in [-0.05, 0) is 37.0 Å². The summed E-state index contributed by atoms with van der Waals surface area (Å²) in [4.78, 5) is 1.35. The number of hydrogen-bond acceptors (Lipinski definition) is 3. The molecule has 86 valence electrons. The maximum absolute atomic E-state index is 6.11. The van der Waals surface area contributed by atoms with Gasteiger partial charge >= 0.3 is 0 Å². The zero-order valence-corrected chi connectivity index (χ0v) is 10.1. The van der Waals surface area contributed by atoms with Crippen LogP contribution in [-0.4, -0.2) is 24.0 Å². The smallest absolute Gasteiger partial charge is 0.0611 e. The minimum absolute atomic E-state index is 0.121. The molecule has 1 aliphatic carbocycles. The van der Waals surface area contributed by atoms with E-state index in [0.29, 0.717) is 5.25 Å². The van der Waals surface area contributed by atoms with E-state index < -0.39 is 0 Å². The first-order chi connectivity index (χ1) is 7.73. The lowest BCUT2D eigenvalue weighted by Crippen LogP contribution is -2.30. The third kappa shape index (κ3) is 2.42. The van der Waals surface area contributed by atoms with E-state index >= 15 is 0 Å². The summed E-state index contributed by atoms with van der Waals surface area (Å²) in [6, 6.07) is 8.86. The average molecular weight is 235 g/mol. The molecule has 0 amide bonds. The third-order valence-electron chi connectivity index (χ3n) is 3.28. The van der Waals surface area contributed by atoms with Gasteiger partial charge in [-0.3, -0.25) is 0 Å². The Morgan fingerprint density at radius 3 is 2.44 bits per heavy atom. The molecule has 2 nitrogen and oxygen atoms in total. The van der Waals surface area contributed by atoms with Crippen molar-refractivity contribution in [3.05, 3.63) is 29.8 Å². The van der Waals surface area contributed by atoms with Gasteiger partial charge in [-0.25, -0.2) is 0 Å². The van der Waals surface area contributed by atoms with Gasteiger partial charge in [0.15, 0.2) is 0 Å².